The lowest BCUT2D eigenvalue weighted by atomic mass is 10.1. The third-order valence-electron chi connectivity index (χ3n) is 4.32. The molecule has 132 valence electrons. The Bertz CT molecular complexity index is 854. The number of hydrogen-bond acceptors (Lipinski definition) is 8. The number of anilines is 2. The molecule has 4 atom stereocenters. The average molecular weight is 347 g/mol. The van der Waals surface area contributed by atoms with Crippen LogP contribution in [0.5, 0.6) is 11.5 Å². The van der Waals surface area contributed by atoms with Gasteiger partial charge >= 0.3 is 5.69 Å². The molecule has 3 N–H and O–H groups in total. The van der Waals surface area contributed by atoms with Gasteiger partial charge in [-0.05, 0) is 12.1 Å². The van der Waals surface area contributed by atoms with Gasteiger partial charge in [0.25, 0.3) is 0 Å². The summed E-state index contributed by atoms with van der Waals surface area (Å²) in [7, 11) is 1.40. The fourth-order valence-electron chi connectivity index (χ4n) is 3.05. The molecular formula is C16H17N3O6. The van der Waals surface area contributed by atoms with Gasteiger partial charge in [-0.15, -0.1) is 0 Å². The van der Waals surface area contributed by atoms with Crippen LogP contribution >= 0.6 is 0 Å². The third-order valence-corrected chi connectivity index (χ3v) is 4.32. The van der Waals surface area contributed by atoms with Crippen molar-refractivity contribution in [2.24, 2.45) is 0 Å². The molecule has 0 spiro atoms. The van der Waals surface area contributed by atoms with Crippen LogP contribution in [-0.4, -0.2) is 51.8 Å². The monoisotopic (exact) mass is 347 g/mol. The van der Waals surface area contributed by atoms with Crippen LogP contribution in [0.3, 0.4) is 0 Å². The number of nitrogens with one attached hydrogen (secondary N) is 1. The summed E-state index contributed by atoms with van der Waals surface area (Å²) < 4.78 is 17.8. The molecule has 2 aliphatic heterocycles. The van der Waals surface area contributed by atoms with Crippen LogP contribution in [0.2, 0.25) is 0 Å². The fraction of sp³-hybridized carbons (Fsp3) is 0.375. The van der Waals surface area contributed by atoms with Gasteiger partial charge in [-0.1, -0.05) is 12.1 Å². The Morgan fingerprint density at radius 3 is 2.92 bits per heavy atom. The molecule has 9 heteroatoms. The number of hydrogen-bond donors (Lipinski definition) is 3. The normalized spacial score (nSPS) is 27.2. The molecule has 4 rings (SSSR count). The third kappa shape index (κ3) is 2.57. The van der Waals surface area contributed by atoms with Crippen molar-refractivity contribution in [3.63, 3.8) is 0 Å². The van der Waals surface area contributed by atoms with Gasteiger partial charge in [-0.2, -0.15) is 4.98 Å². The SMILES string of the molecule is CO[C@H]1C(O)[C@@H](CO)O[C@H]1n1cc2c(nc1=O)Nc1ccccc1O2. The second-order valence-electron chi connectivity index (χ2n) is 5.81. The number of aliphatic hydroxyl groups excluding tert-OH is 2. The number of ether oxygens (including phenoxy) is 3. The summed E-state index contributed by atoms with van der Waals surface area (Å²) in [5.41, 5.74) is 0.120. The fourth-order valence-corrected chi connectivity index (χ4v) is 3.05. The number of nitrogens with zero attached hydrogens (tertiary/aromatic N) is 2. The lowest BCUT2D eigenvalue weighted by molar-refractivity contribution is -0.0626. The molecule has 3 heterocycles. The summed E-state index contributed by atoms with van der Waals surface area (Å²) >= 11 is 0. The highest BCUT2D eigenvalue weighted by Crippen LogP contribution is 2.40. The van der Waals surface area contributed by atoms with E-state index in [0.29, 0.717) is 23.0 Å². The first-order chi connectivity index (χ1) is 12.1. The number of aliphatic hydroxyl groups is 2. The van der Waals surface area contributed by atoms with Crippen molar-refractivity contribution in [1.82, 2.24) is 9.55 Å². The summed E-state index contributed by atoms with van der Waals surface area (Å²) in [5, 5.41) is 22.5. The number of benzene rings is 1. The molecule has 2 aromatic rings. The van der Waals surface area contributed by atoms with Crippen molar-refractivity contribution < 1.29 is 24.4 Å². The molecular weight excluding hydrogens is 330 g/mol. The summed E-state index contributed by atoms with van der Waals surface area (Å²) in [6.07, 6.45) is -2.21. The first-order valence-corrected chi connectivity index (χ1v) is 7.76. The second kappa shape index (κ2) is 6.12. The maximum Gasteiger partial charge on any atom is 0.351 e. The lowest BCUT2D eigenvalue weighted by Crippen LogP contribution is -2.37. The Morgan fingerprint density at radius 2 is 2.16 bits per heavy atom. The van der Waals surface area contributed by atoms with Gasteiger partial charge in [0.05, 0.1) is 18.5 Å². The topological polar surface area (TPSA) is 115 Å². The Labute approximate surface area is 142 Å². The van der Waals surface area contributed by atoms with E-state index in [1.165, 1.54) is 17.9 Å². The molecule has 1 aromatic carbocycles. The van der Waals surface area contributed by atoms with Crippen molar-refractivity contribution in [2.75, 3.05) is 19.0 Å². The van der Waals surface area contributed by atoms with E-state index in [1.54, 1.807) is 6.07 Å². The average Bonchev–Trinajstić information content (AvgIpc) is 2.95. The van der Waals surface area contributed by atoms with Crippen LogP contribution in [0.4, 0.5) is 11.5 Å². The number of aromatic nitrogens is 2. The predicted octanol–water partition coefficient (Wildman–Crippen LogP) is 0.358. The van der Waals surface area contributed by atoms with E-state index in [0.717, 1.165) is 0 Å². The molecule has 0 amide bonds. The summed E-state index contributed by atoms with van der Waals surface area (Å²) in [6.45, 7) is -0.393. The minimum atomic E-state index is -1.07. The highest BCUT2D eigenvalue weighted by molar-refractivity contribution is 5.72. The zero-order chi connectivity index (χ0) is 17.6. The van der Waals surface area contributed by atoms with Crippen LogP contribution in [-0.2, 0) is 9.47 Å². The van der Waals surface area contributed by atoms with E-state index in [9.17, 15) is 15.0 Å². The van der Waals surface area contributed by atoms with E-state index >= 15 is 0 Å². The Kier molecular flexibility index (Phi) is 3.92. The number of rotatable bonds is 3. The van der Waals surface area contributed by atoms with E-state index in [1.807, 2.05) is 18.2 Å². The van der Waals surface area contributed by atoms with Crippen molar-refractivity contribution in [2.45, 2.75) is 24.5 Å². The maximum atomic E-state index is 12.4. The maximum absolute atomic E-state index is 12.4. The molecule has 0 aliphatic carbocycles. The van der Waals surface area contributed by atoms with Gasteiger partial charge in [0, 0.05) is 7.11 Å². The second-order valence-corrected chi connectivity index (χ2v) is 5.81. The van der Waals surface area contributed by atoms with Crippen LogP contribution in [0, 0.1) is 0 Å². The minimum Gasteiger partial charge on any atom is -0.450 e. The van der Waals surface area contributed by atoms with Gasteiger partial charge < -0.3 is 29.7 Å². The summed E-state index contributed by atoms with van der Waals surface area (Å²) in [6, 6.07) is 7.27. The van der Waals surface area contributed by atoms with E-state index in [2.05, 4.69) is 10.3 Å². The van der Waals surface area contributed by atoms with Crippen molar-refractivity contribution >= 4 is 11.5 Å². The van der Waals surface area contributed by atoms with Gasteiger partial charge in [0.2, 0.25) is 0 Å². The molecule has 0 bridgehead atoms. The van der Waals surface area contributed by atoms with Crippen molar-refractivity contribution in [3.8, 4) is 11.5 Å². The molecule has 9 nitrogen and oxygen atoms in total. The van der Waals surface area contributed by atoms with E-state index < -0.39 is 36.8 Å². The summed E-state index contributed by atoms with van der Waals surface area (Å²) in [4.78, 5) is 16.4. The standard InChI is InChI=1S/C16H17N3O6/c1-23-13-12(21)11(7-20)25-15(13)19-6-10-14(18-16(19)22)17-8-4-2-3-5-9(8)24-10/h2-6,11-13,15,20-21H,7H2,1H3,(H,17,18,22)/t11-,12?,13+,15-/m1/s1. The Balaban J connectivity index is 1.72. The quantitative estimate of drug-likeness (QED) is 0.622. The molecule has 0 saturated carbocycles. The minimum absolute atomic E-state index is 0.297. The Morgan fingerprint density at radius 1 is 1.36 bits per heavy atom. The van der Waals surface area contributed by atoms with Gasteiger partial charge in [-0.3, -0.25) is 4.57 Å². The summed E-state index contributed by atoms with van der Waals surface area (Å²) in [5.74, 6) is 1.25. The molecule has 25 heavy (non-hydrogen) atoms. The zero-order valence-electron chi connectivity index (χ0n) is 13.3. The molecule has 0 radical (unpaired) electrons. The largest absolute Gasteiger partial charge is 0.450 e. The first kappa shape index (κ1) is 16.0. The predicted molar refractivity (Wildman–Crippen MR) is 86.1 cm³/mol. The highest BCUT2D eigenvalue weighted by atomic mass is 16.6. The van der Waals surface area contributed by atoms with Crippen LogP contribution in [0.25, 0.3) is 0 Å². The smallest absolute Gasteiger partial charge is 0.351 e. The molecule has 1 saturated heterocycles. The van der Waals surface area contributed by atoms with Crippen LogP contribution in [0.15, 0.2) is 35.3 Å². The Hall–Kier alpha value is -2.46. The van der Waals surface area contributed by atoms with Crippen molar-refractivity contribution in [3.05, 3.63) is 40.9 Å². The molecule has 1 aromatic heterocycles. The van der Waals surface area contributed by atoms with Gasteiger partial charge in [-0.25, -0.2) is 4.79 Å². The van der Waals surface area contributed by atoms with E-state index in [4.69, 9.17) is 14.2 Å². The first-order valence-electron chi connectivity index (χ1n) is 7.76. The van der Waals surface area contributed by atoms with Crippen LogP contribution in [0.1, 0.15) is 6.23 Å². The number of para-hydroxylation sites is 2. The van der Waals surface area contributed by atoms with Gasteiger partial charge in [0.15, 0.2) is 23.5 Å². The number of methoxy groups -OCH3 is 1. The molecule has 1 fully saturated rings. The molecule has 1 unspecified atom stereocenters. The highest BCUT2D eigenvalue weighted by Gasteiger charge is 2.45. The van der Waals surface area contributed by atoms with Gasteiger partial charge in [0.1, 0.15) is 18.3 Å². The molecule has 2 aliphatic rings. The lowest BCUT2D eigenvalue weighted by Gasteiger charge is -2.24. The zero-order valence-corrected chi connectivity index (χ0v) is 13.3. The van der Waals surface area contributed by atoms with Crippen LogP contribution < -0.4 is 15.7 Å². The van der Waals surface area contributed by atoms with E-state index in [-0.39, 0.29) is 0 Å². The van der Waals surface area contributed by atoms with Crippen molar-refractivity contribution in [1.29, 1.82) is 0 Å². The number of fused-ring (bicyclic) bond motifs is 2.